The molecule has 2 heterocycles. The van der Waals surface area contributed by atoms with E-state index in [-0.39, 0.29) is 6.61 Å². The Hall–Kier alpha value is -1.36. The van der Waals surface area contributed by atoms with Gasteiger partial charge in [0.05, 0.1) is 0 Å². The van der Waals surface area contributed by atoms with Crippen LogP contribution in [0.15, 0.2) is 6.07 Å². The van der Waals surface area contributed by atoms with Crippen LogP contribution >= 0.6 is 0 Å². The molecule has 104 valence electrons. The van der Waals surface area contributed by atoms with E-state index in [1.54, 1.807) is 0 Å². The van der Waals surface area contributed by atoms with E-state index in [0.717, 1.165) is 43.4 Å². The predicted octanol–water partition coefficient (Wildman–Crippen LogP) is 1.57. The van der Waals surface area contributed by atoms with E-state index in [1.807, 2.05) is 13.0 Å². The zero-order valence-corrected chi connectivity index (χ0v) is 11.5. The highest BCUT2D eigenvalue weighted by Gasteiger charge is 2.24. The molecule has 1 aliphatic carbocycles. The maximum absolute atomic E-state index is 9.32. The normalized spacial score (nSPS) is 23.5. The first-order valence-corrected chi connectivity index (χ1v) is 7.22. The second kappa shape index (κ2) is 5.33. The van der Waals surface area contributed by atoms with Gasteiger partial charge < -0.3 is 15.3 Å². The predicted molar refractivity (Wildman–Crippen MR) is 75.4 cm³/mol. The Morgan fingerprint density at radius 3 is 2.95 bits per heavy atom. The van der Waals surface area contributed by atoms with E-state index in [4.69, 9.17) is 0 Å². The lowest BCUT2D eigenvalue weighted by molar-refractivity contribution is 0.208. The van der Waals surface area contributed by atoms with Gasteiger partial charge in [0.1, 0.15) is 17.5 Å². The number of piperidine rings is 1. The van der Waals surface area contributed by atoms with Crippen molar-refractivity contribution in [3.63, 3.8) is 0 Å². The van der Waals surface area contributed by atoms with Crippen LogP contribution in [0.3, 0.4) is 0 Å². The molecule has 1 aromatic heterocycles. The first-order chi connectivity index (χ1) is 9.24. The fourth-order valence-electron chi connectivity index (χ4n) is 2.65. The first kappa shape index (κ1) is 12.7. The molecule has 0 amide bonds. The summed E-state index contributed by atoms with van der Waals surface area (Å²) in [4.78, 5) is 11.3. The van der Waals surface area contributed by atoms with Crippen molar-refractivity contribution in [2.24, 2.45) is 5.92 Å². The Bertz CT molecular complexity index is 447. The largest absolute Gasteiger partial charge is 0.396 e. The van der Waals surface area contributed by atoms with E-state index in [0.29, 0.717) is 12.0 Å². The molecule has 2 aliphatic rings. The van der Waals surface area contributed by atoms with Gasteiger partial charge in [0.15, 0.2) is 0 Å². The Labute approximate surface area is 114 Å². The minimum atomic E-state index is 0.272. The monoisotopic (exact) mass is 262 g/mol. The van der Waals surface area contributed by atoms with Gasteiger partial charge in [-0.05, 0) is 38.5 Å². The van der Waals surface area contributed by atoms with Crippen molar-refractivity contribution >= 4 is 11.6 Å². The molecule has 0 aromatic carbocycles. The Morgan fingerprint density at radius 2 is 2.21 bits per heavy atom. The molecule has 2 fully saturated rings. The minimum absolute atomic E-state index is 0.272. The number of aryl methyl sites for hydroxylation is 1. The number of hydrogen-bond acceptors (Lipinski definition) is 5. The molecule has 19 heavy (non-hydrogen) atoms. The van der Waals surface area contributed by atoms with E-state index < -0.39 is 0 Å². The maximum atomic E-state index is 9.32. The number of aliphatic hydroxyl groups excluding tert-OH is 1. The lowest BCUT2D eigenvalue weighted by atomic mass is 9.99. The quantitative estimate of drug-likeness (QED) is 0.862. The lowest BCUT2D eigenvalue weighted by Crippen LogP contribution is -2.37. The van der Waals surface area contributed by atoms with Gasteiger partial charge in [-0.3, -0.25) is 0 Å². The summed E-state index contributed by atoms with van der Waals surface area (Å²) in [7, 11) is 0. The van der Waals surface area contributed by atoms with Crippen molar-refractivity contribution in [1.82, 2.24) is 9.97 Å². The molecule has 0 bridgehead atoms. The molecule has 5 heteroatoms. The molecule has 1 unspecified atom stereocenters. The summed E-state index contributed by atoms with van der Waals surface area (Å²) in [5, 5.41) is 12.8. The Balaban J connectivity index is 1.76. The van der Waals surface area contributed by atoms with Gasteiger partial charge in [0.2, 0.25) is 0 Å². The summed E-state index contributed by atoms with van der Waals surface area (Å²) in [6, 6.07) is 2.65. The summed E-state index contributed by atoms with van der Waals surface area (Å²) in [5.41, 5.74) is 0. The summed E-state index contributed by atoms with van der Waals surface area (Å²) in [6.45, 7) is 4.13. The van der Waals surface area contributed by atoms with Crippen molar-refractivity contribution in [3.8, 4) is 0 Å². The van der Waals surface area contributed by atoms with Gasteiger partial charge in [-0.1, -0.05) is 0 Å². The van der Waals surface area contributed by atoms with Gasteiger partial charge in [0.25, 0.3) is 0 Å². The number of anilines is 2. The maximum Gasteiger partial charge on any atom is 0.134 e. The van der Waals surface area contributed by atoms with Gasteiger partial charge in [-0.25, -0.2) is 9.97 Å². The molecular weight excluding hydrogens is 240 g/mol. The molecule has 5 nitrogen and oxygen atoms in total. The highest BCUT2D eigenvalue weighted by molar-refractivity contribution is 5.50. The summed E-state index contributed by atoms with van der Waals surface area (Å²) >= 11 is 0. The number of nitrogens with one attached hydrogen (secondary N) is 1. The molecule has 1 atom stereocenters. The zero-order valence-electron chi connectivity index (χ0n) is 11.5. The number of nitrogens with zero attached hydrogens (tertiary/aromatic N) is 3. The van der Waals surface area contributed by atoms with Crippen LogP contribution in [0.1, 0.15) is 31.5 Å². The number of hydrogen-bond donors (Lipinski definition) is 2. The molecule has 2 N–H and O–H groups in total. The van der Waals surface area contributed by atoms with Crippen LogP contribution in [0.25, 0.3) is 0 Å². The van der Waals surface area contributed by atoms with E-state index in [9.17, 15) is 5.11 Å². The smallest absolute Gasteiger partial charge is 0.134 e. The van der Waals surface area contributed by atoms with Crippen LogP contribution in [0.4, 0.5) is 11.6 Å². The third kappa shape index (κ3) is 3.15. The molecule has 1 saturated carbocycles. The average molecular weight is 262 g/mol. The third-order valence-corrected chi connectivity index (χ3v) is 3.85. The molecule has 1 aliphatic heterocycles. The van der Waals surface area contributed by atoms with Crippen molar-refractivity contribution in [3.05, 3.63) is 11.9 Å². The third-order valence-electron chi connectivity index (χ3n) is 3.85. The van der Waals surface area contributed by atoms with Gasteiger partial charge in [-0.2, -0.15) is 0 Å². The van der Waals surface area contributed by atoms with Crippen molar-refractivity contribution in [2.75, 3.05) is 29.9 Å². The second-order valence-corrected chi connectivity index (χ2v) is 5.71. The van der Waals surface area contributed by atoms with Crippen LogP contribution in [0.5, 0.6) is 0 Å². The highest BCUT2D eigenvalue weighted by Crippen LogP contribution is 2.27. The van der Waals surface area contributed by atoms with Crippen LogP contribution < -0.4 is 10.2 Å². The van der Waals surface area contributed by atoms with E-state index in [1.165, 1.54) is 12.8 Å². The van der Waals surface area contributed by atoms with Gasteiger partial charge >= 0.3 is 0 Å². The lowest BCUT2D eigenvalue weighted by Gasteiger charge is -2.33. The molecular formula is C14H22N4O. The number of rotatable bonds is 4. The average Bonchev–Trinajstić information content (AvgIpc) is 3.22. The SMILES string of the molecule is Cc1nc(NC2CC2)cc(N2CCCC(CO)C2)n1. The van der Waals surface area contributed by atoms with Crippen molar-refractivity contribution < 1.29 is 5.11 Å². The molecule has 3 rings (SSSR count). The fourth-order valence-corrected chi connectivity index (χ4v) is 2.65. The zero-order chi connectivity index (χ0) is 13.2. The van der Waals surface area contributed by atoms with Crippen molar-refractivity contribution in [1.29, 1.82) is 0 Å². The van der Waals surface area contributed by atoms with Gasteiger partial charge in [-0.15, -0.1) is 0 Å². The molecule has 1 saturated heterocycles. The topological polar surface area (TPSA) is 61.3 Å². The minimum Gasteiger partial charge on any atom is -0.396 e. The second-order valence-electron chi connectivity index (χ2n) is 5.71. The van der Waals surface area contributed by atoms with Crippen LogP contribution in [-0.4, -0.2) is 40.8 Å². The van der Waals surface area contributed by atoms with Crippen molar-refractivity contribution in [2.45, 2.75) is 38.6 Å². The number of aromatic nitrogens is 2. The van der Waals surface area contributed by atoms with Gasteiger partial charge in [0, 0.05) is 31.8 Å². The summed E-state index contributed by atoms with van der Waals surface area (Å²) < 4.78 is 0. The van der Waals surface area contributed by atoms with Crippen LogP contribution in [0, 0.1) is 12.8 Å². The molecule has 0 spiro atoms. The first-order valence-electron chi connectivity index (χ1n) is 7.22. The van der Waals surface area contributed by atoms with E-state index in [2.05, 4.69) is 20.2 Å². The summed E-state index contributed by atoms with van der Waals surface area (Å²) in [6.07, 6.45) is 4.73. The highest BCUT2D eigenvalue weighted by atomic mass is 16.3. The fraction of sp³-hybridized carbons (Fsp3) is 0.714. The standard InChI is InChI=1S/C14H22N4O/c1-10-15-13(17-12-4-5-12)7-14(16-10)18-6-2-3-11(8-18)9-19/h7,11-12,19H,2-6,8-9H2,1H3,(H,15,16,17). The molecule has 1 aromatic rings. The molecule has 0 radical (unpaired) electrons. The Kier molecular flexibility index (Phi) is 3.55. The number of aliphatic hydroxyl groups is 1. The van der Waals surface area contributed by atoms with E-state index >= 15 is 0 Å². The Morgan fingerprint density at radius 1 is 1.37 bits per heavy atom. The van der Waals surface area contributed by atoms with Crippen LogP contribution in [0.2, 0.25) is 0 Å². The van der Waals surface area contributed by atoms with Crippen LogP contribution in [-0.2, 0) is 0 Å². The summed E-state index contributed by atoms with van der Waals surface area (Å²) in [5.74, 6) is 3.13.